The first kappa shape index (κ1) is 14.5. The fourth-order valence-corrected chi connectivity index (χ4v) is 1.81. The molecule has 4 heteroatoms. The van der Waals surface area contributed by atoms with E-state index in [-0.39, 0.29) is 0 Å². The van der Waals surface area contributed by atoms with Gasteiger partial charge in [-0.3, -0.25) is 0 Å². The van der Waals surface area contributed by atoms with Gasteiger partial charge < -0.3 is 19.2 Å². The summed E-state index contributed by atoms with van der Waals surface area (Å²) in [5.41, 5.74) is 1.12. The number of hydrogen-bond acceptors (Lipinski definition) is 4. The molecule has 2 rings (SSSR count). The highest BCUT2D eigenvalue weighted by Gasteiger charge is 2.03. The van der Waals surface area contributed by atoms with Crippen molar-refractivity contribution >= 4 is 0 Å². The van der Waals surface area contributed by atoms with Crippen LogP contribution in [-0.4, -0.2) is 13.7 Å². The fourth-order valence-electron chi connectivity index (χ4n) is 1.81. The van der Waals surface area contributed by atoms with Crippen molar-refractivity contribution in [2.45, 2.75) is 26.5 Å². The van der Waals surface area contributed by atoms with Crippen LogP contribution in [-0.2, 0) is 13.2 Å². The third-order valence-corrected chi connectivity index (χ3v) is 2.77. The zero-order valence-corrected chi connectivity index (χ0v) is 12.0. The second kappa shape index (κ2) is 7.60. The molecule has 0 amide bonds. The van der Waals surface area contributed by atoms with Gasteiger partial charge in [-0.2, -0.15) is 0 Å². The summed E-state index contributed by atoms with van der Waals surface area (Å²) in [6, 6.07) is 9.64. The maximum absolute atomic E-state index is 5.67. The first-order chi connectivity index (χ1) is 9.81. The predicted octanol–water partition coefficient (Wildman–Crippen LogP) is 3.37. The molecule has 0 fully saturated rings. The lowest BCUT2D eigenvalue weighted by Crippen LogP contribution is -2.03. The Kier molecular flexibility index (Phi) is 5.50. The number of ether oxygens (including phenoxy) is 2. The molecule has 108 valence electrons. The first-order valence-corrected chi connectivity index (χ1v) is 6.88. The molecule has 0 saturated heterocycles. The van der Waals surface area contributed by atoms with Crippen molar-refractivity contribution in [2.75, 3.05) is 13.7 Å². The Labute approximate surface area is 119 Å². The summed E-state index contributed by atoms with van der Waals surface area (Å²) in [7, 11) is 1.91. The van der Waals surface area contributed by atoms with Crippen LogP contribution < -0.4 is 14.8 Å². The summed E-state index contributed by atoms with van der Waals surface area (Å²) >= 11 is 0. The highest BCUT2D eigenvalue weighted by Crippen LogP contribution is 2.19. The molecular formula is C16H21NO3. The van der Waals surface area contributed by atoms with Crippen molar-refractivity contribution in [1.29, 1.82) is 0 Å². The van der Waals surface area contributed by atoms with E-state index in [4.69, 9.17) is 13.9 Å². The maximum Gasteiger partial charge on any atom is 0.146 e. The summed E-state index contributed by atoms with van der Waals surface area (Å²) < 4.78 is 16.6. The Hall–Kier alpha value is -1.94. The summed E-state index contributed by atoms with van der Waals surface area (Å²) in [6.07, 6.45) is 2.75. The molecule has 2 aromatic rings. The van der Waals surface area contributed by atoms with Crippen LogP contribution in [0.1, 0.15) is 24.7 Å². The van der Waals surface area contributed by atoms with E-state index >= 15 is 0 Å². The Morgan fingerprint density at radius 2 is 1.80 bits per heavy atom. The van der Waals surface area contributed by atoms with E-state index in [2.05, 4.69) is 12.2 Å². The molecule has 0 saturated carbocycles. The summed E-state index contributed by atoms with van der Waals surface area (Å²) in [6.45, 7) is 4.05. The van der Waals surface area contributed by atoms with E-state index in [0.717, 1.165) is 42.4 Å². The first-order valence-electron chi connectivity index (χ1n) is 6.88. The van der Waals surface area contributed by atoms with E-state index in [1.807, 2.05) is 37.4 Å². The van der Waals surface area contributed by atoms with Crippen molar-refractivity contribution in [1.82, 2.24) is 5.32 Å². The van der Waals surface area contributed by atoms with Gasteiger partial charge in [0, 0.05) is 12.1 Å². The molecule has 0 atom stereocenters. The quantitative estimate of drug-likeness (QED) is 0.802. The third kappa shape index (κ3) is 4.31. The van der Waals surface area contributed by atoms with Crippen LogP contribution in [0.2, 0.25) is 0 Å². The number of hydrogen-bond donors (Lipinski definition) is 1. The van der Waals surface area contributed by atoms with Gasteiger partial charge in [0.15, 0.2) is 0 Å². The van der Waals surface area contributed by atoms with Gasteiger partial charge in [0.25, 0.3) is 0 Å². The minimum Gasteiger partial charge on any atom is -0.494 e. The molecule has 4 nitrogen and oxygen atoms in total. The van der Waals surface area contributed by atoms with Crippen molar-refractivity contribution in [2.24, 2.45) is 0 Å². The van der Waals surface area contributed by atoms with Gasteiger partial charge in [-0.15, -0.1) is 0 Å². The SMILES string of the molecule is CCCOc1ccc(OCc2cc(CNC)co2)cc1. The Balaban J connectivity index is 1.83. The summed E-state index contributed by atoms with van der Waals surface area (Å²) in [5, 5.41) is 3.08. The monoisotopic (exact) mass is 275 g/mol. The minimum absolute atomic E-state index is 0.429. The molecule has 0 bridgehead atoms. The number of nitrogens with one attached hydrogen (secondary N) is 1. The van der Waals surface area contributed by atoms with E-state index in [9.17, 15) is 0 Å². The molecule has 1 heterocycles. The number of furan rings is 1. The Bertz CT molecular complexity index is 505. The highest BCUT2D eigenvalue weighted by molar-refractivity contribution is 5.31. The molecule has 20 heavy (non-hydrogen) atoms. The van der Waals surface area contributed by atoms with Crippen molar-refractivity contribution in [3.8, 4) is 11.5 Å². The topological polar surface area (TPSA) is 43.6 Å². The van der Waals surface area contributed by atoms with Crippen molar-refractivity contribution in [3.05, 3.63) is 47.9 Å². The van der Waals surface area contributed by atoms with Gasteiger partial charge in [-0.1, -0.05) is 6.92 Å². The minimum atomic E-state index is 0.429. The van der Waals surface area contributed by atoms with Crippen LogP contribution in [0.15, 0.2) is 41.0 Å². The Morgan fingerprint density at radius 3 is 2.45 bits per heavy atom. The van der Waals surface area contributed by atoms with Crippen LogP contribution in [0, 0.1) is 0 Å². The zero-order valence-electron chi connectivity index (χ0n) is 12.0. The molecule has 1 N–H and O–H groups in total. The maximum atomic E-state index is 5.67. The third-order valence-electron chi connectivity index (χ3n) is 2.77. The largest absolute Gasteiger partial charge is 0.494 e. The highest BCUT2D eigenvalue weighted by atomic mass is 16.5. The van der Waals surface area contributed by atoms with Crippen LogP contribution in [0.5, 0.6) is 11.5 Å². The van der Waals surface area contributed by atoms with Crippen LogP contribution >= 0.6 is 0 Å². The van der Waals surface area contributed by atoms with E-state index < -0.39 is 0 Å². The summed E-state index contributed by atoms with van der Waals surface area (Å²) in [5.74, 6) is 2.50. The molecule has 0 aliphatic heterocycles. The van der Waals surface area contributed by atoms with Gasteiger partial charge >= 0.3 is 0 Å². The smallest absolute Gasteiger partial charge is 0.146 e. The van der Waals surface area contributed by atoms with Gasteiger partial charge in [-0.25, -0.2) is 0 Å². The molecule has 0 unspecified atom stereocenters. The van der Waals surface area contributed by atoms with Crippen LogP contribution in [0.4, 0.5) is 0 Å². The van der Waals surface area contributed by atoms with E-state index in [1.165, 1.54) is 0 Å². The second-order valence-corrected chi connectivity index (χ2v) is 4.56. The van der Waals surface area contributed by atoms with E-state index in [0.29, 0.717) is 6.61 Å². The average Bonchev–Trinajstić information content (AvgIpc) is 2.92. The molecule has 0 aliphatic rings. The second-order valence-electron chi connectivity index (χ2n) is 4.56. The standard InChI is InChI=1S/C16H21NO3/c1-3-8-18-14-4-6-15(7-5-14)20-12-16-9-13(10-17-2)11-19-16/h4-7,9,11,17H,3,8,10,12H2,1-2H3. The molecule has 0 spiro atoms. The Morgan fingerprint density at radius 1 is 1.10 bits per heavy atom. The molecule has 0 aliphatic carbocycles. The zero-order chi connectivity index (χ0) is 14.2. The number of benzene rings is 1. The lowest BCUT2D eigenvalue weighted by atomic mass is 10.3. The predicted molar refractivity (Wildman–Crippen MR) is 78.0 cm³/mol. The van der Waals surface area contributed by atoms with Gasteiger partial charge in [0.1, 0.15) is 23.9 Å². The molecule has 1 aromatic heterocycles. The van der Waals surface area contributed by atoms with Crippen molar-refractivity contribution in [3.63, 3.8) is 0 Å². The van der Waals surface area contributed by atoms with E-state index in [1.54, 1.807) is 6.26 Å². The van der Waals surface area contributed by atoms with Crippen LogP contribution in [0.3, 0.4) is 0 Å². The molecule has 1 aromatic carbocycles. The van der Waals surface area contributed by atoms with Crippen molar-refractivity contribution < 1.29 is 13.9 Å². The van der Waals surface area contributed by atoms with Gasteiger partial charge in [-0.05, 0) is 43.8 Å². The average molecular weight is 275 g/mol. The fraction of sp³-hybridized carbons (Fsp3) is 0.375. The molecular weight excluding hydrogens is 254 g/mol. The van der Waals surface area contributed by atoms with Gasteiger partial charge in [0.05, 0.1) is 12.9 Å². The lowest BCUT2D eigenvalue weighted by molar-refractivity contribution is 0.269. The summed E-state index contributed by atoms with van der Waals surface area (Å²) in [4.78, 5) is 0. The van der Waals surface area contributed by atoms with Gasteiger partial charge in [0.2, 0.25) is 0 Å². The molecule has 0 radical (unpaired) electrons. The van der Waals surface area contributed by atoms with Crippen LogP contribution in [0.25, 0.3) is 0 Å². The number of rotatable bonds is 8. The normalized spacial score (nSPS) is 10.5. The lowest BCUT2D eigenvalue weighted by Gasteiger charge is -2.07.